The van der Waals surface area contributed by atoms with Gasteiger partial charge in [0.15, 0.2) is 0 Å². The zero-order valence-electron chi connectivity index (χ0n) is 12.0. The number of nitrogens with one attached hydrogen (secondary N) is 1. The van der Waals surface area contributed by atoms with Gasteiger partial charge in [0, 0.05) is 25.6 Å². The van der Waals surface area contributed by atoms with Crippen molar-refractivity contribution < 1.29 is 14.7 Å². The maximum atomic E-state index is 12.1. The maximum Gasteiger partial charge on any atom is 0.317 e. The monoisotopic (exact) mass is 270 g/mol. The number of carbonyl (C=O) groups excluding carboxylic acids is 1. The molecule has 0 aromatic carbocycles. The molecule has 0 aromatic rings. The van der Waals surface area contributed by atoms with Crippen molar-refractivity contribution in [2.45, 2.75) is 58.4 Å². The summed E-state index contributed by atoms with van der Waals surface area (Å²) in [7, 11) is 0. The number of hydrogen-bond donors (Lipinski definition) is 2. The number of urea groups is 1. The standard InChI is InChI=1S/C14H26N2O3/c1-3-11(2)10-15-14(19)16-9-5-4-6-12(16)7-8-13(17)18/h11-12H,3-10H2,1-2H3,(H,15,19)(H,17,18). The zero-order chi connectivity index (χ0) is 14.3. The van der Waals surface area contributed by atoms with E-state index in [1.54, 1.807) is 0 Å². The molecular weight excluding hydrogens is 244 g/mol. The molecule has 1 fully saturated rings. The largest absolute Gasteiger partial charge is 0.481 e. The van der Waals surface area contributed by atoms with E-state index in [0.29, 0.717) is 18.9 Å². The van der Waals surface area contributed by atoms with Crippen molar-refractivity contribution in [2.75, 3.05) is 13.1 Å². The van der Waals surface area contributed by atoms with E-state index in [0.717, 1.165) is 32.2 Å². The molecule has 0 radical (unpaired) electrons. The number of piperidine rings is 1. The van der Waals surface area contributed by atoms with Gasteiger partial charge in [-0.2, -0.15) is 0 Å². The molecule has 110 valence electrons. The molecular formula is C14H26N2O3. The Bertz CT molecular complexity index is 307. The van der Waals surface area contributed by atoms with Crippen molar-refractivity contribution in [1.82, 2.24) is 10.2 Å². The molecule has 0 aromatic heterocycles. The van der Waals surface area contributed by atoms with Crippen LogP contribution in [0.2, 0.25) is 0 Å². The number of amides is 2. The van der Waals surface area contributed by atoms with Crippen LogP contribution in [0.3, 0.4) is 0 Å². The highest BCUT2D eigenvalue weighted by Gasteiger charge is 2.26. The number of likely N-dealkylation sites (tertiary alicyclic amines) is 1. The van der Waals surface area contributed by atoms with E-state index in [-0.39, 0.29) is 18.5 Å². The van der Waals surface area contributed by atoms with E-state index in [1.807, 2.05) is 4.90 Å². The van der Waals surface area contributed by atoms with E-state index in [4.69, 9.17) is 5.11 Å². The van der Waals surface area contributed by atoms with Crippen molar-refractivity contribution in [3.63, 3.8) is 0 Å². The fourth-order valence-electron chi connectivity index (χ4n) is 2.37. The Morgan fingerprint density at radius 1 is 1.42 bits per heavy atom. The second kappa shape index (κ2) is 8.02. The average Bonchev–Trinajstić information content (AvgIpc) is 2.42. The molecule has 2 N–H and O–H groups in total. The summed E-state index contributed by atoms with van der Waals surface area (Å²) in [5, 5.41) is 11.7. The van der Waals surface area contributed by atoms with Gasteiger partial charge in [-0.1, -0.05) is 20.3 Å². The first kappa shape index (κ1) is 15.8. The highest BCUT2D eigenvalue weighted by atomic mass is 16.4. The van der Waals surface area contributed by atoms with E-state index >= 15 is 0 Å². The van der Waals surface area contributed by atoms with Gasteiger partial charge in [0.2, 0.25) is 0 Å². The van der Waals surface area contributed by atoms with Gasteiger partial charge in [-0.3, -0.25) is 4.79 Å². The minimum atomic E-state index is -0.787. The third-order valence-electron chi connectivity index (χ3n) is 3.88. The lowest BCUT2D eigenvalue weighted by Crippen LogP contribution is -2.49. The summed E-state index contributed by atoms with van der Waals surface area (Å²) >= 11 is 0. The zero-order valence-corrected chi connectivity index (χ0v) is 12.0. The van der Waals surface area contributed by atoms with Crippen molar-refractivity contribution in [3.8, 4) is 0 Å². The van der Waals surface area contributed by atoms with E-state index in [2.05, 4.69) is 19.2 Å². The molecule has 0 aliphatic carbocycles. The normalized spacial score (nSPS) is 20.9. The fourth-order valence-corrected chi connectivity index (χ4v) is 2.37. The summed E-state index contributed by atoms with van der Waals surface area (Å²) in [6.07, 6.45) is 4.76. The quantitative estimate of drug-likeness (QED) is 0.779. The first-order chi connectivity index (χ1) is 9.04. The molecule has 0 spiro atoms. The molecule has 1 saturated heterocycles. The summed E-state index contributed by atoms with van der Waals surface area (Å²) < 4.78 is 0. The van der Waals surface area contributed by atoms with E-state index in [1.165, 1.54) is 0 Å². The molecule has 2 atom stereocenters. The summed E-state index contributed by atoms with van der Waals surface area (Å²) in [5.41, 5.74) is 0. The van der Waals surface area contributed by atoms with Crippen molar-refractivity contribution >= 4 is 12.0 Å². The van der Waals surface area contributed by atoms with Gasteiger partial charge in [-0.25, -0.2) is 4.79 Å². The Balaban J connectivity index is 2.46. The molecule has 19 heavy (non-hydrogen) atoms. The van der Waals surface area contributed by atoms with Crippen LogP contribution in [0.5, 0.6) is 0 Å². The molecule has 2 unspecified atom stereocenters. The van der Waals surface area contributed by atoms with Crippen LogP contribution >= 0.6 is 0 Å². The van der Waals surface area contributed by atoms with Crippen LogP contribution in [0.4, 0.5) is 4.79 Å². The van der Waals surface area contributed by atoms with Crippen LogP contribution in [0, 0.1) is 5.92 Å². The van der Waals surface area contributed by atoms with Crippen LogP contribution < -0.4 is 5.32 Å². The van der Waals surface area contributed by atoms with Crippen LogP contribution in [0.25, 0.3) is 0 Å². The van der Waals surface area contributed by atoms with Gasteiger partial charge in [0.1, 0.15) is 0 Å². The number of aliphatic carboxylic acids is 1. The Morgan fingerprint density at radius 3 is 2.79 bits per heavy atom. The molecule has 0 saturated carbocycles. The second-order valence-corrected chi connectivity index (χ2v) is 5.47. The fraction of sp³-hybridized carbons (Fsp3) is 0.857. The highest BCUT2D eigenvalue weighted by Crippen LogP contribution is 2.21. The van der Waals surface area contributed by atoms with E-state index in [9.17, 15) is 9.59 Å². The number of carboxylic acid groups (broad SMARTS) is 1. The summed E-state index contributed by atoms with van der Waals surface area (Å²) in [5.74, 6) is -0.309. The van der Waals surface area contributed by atoms with Gasteiger partial charge in [-0.15, -0.1) is 0 Å². The summed E-state index contributed by atoms with van der Waals surface area (Å²) in [6, 6.07) is 0.0529. The Labute approximate surface area is 115 Å². The molecule has 1 aliphatic rings. The van der Waals surface area contributed by atoms with Crippen LogP contribution in [-0.2, 0) is 4.79 Å². The number of rotatable bonds is 6. The topological polar surface area (TPSA) is 69.6 Å². The minimum Gasteiger partial charge on any atom is -0.481 e. The predicted octanol–water partition coefficient (Wildman–Crippen LogP) is 2.46. The third kappa shape index (κ3) is 5.49. The molecule has 1 rings (SSSR count). The predicted molar refractivity (Wildman–Crippen MR) is 74.1 cm³/mol. The lowest BCUT2D eigenvalue weighted by molar-refractivity contribution is -0.137. The average molecular weight is 270 g/mol. The van der Waals surface area contributed by atoms with Crippen molar-refractivity contribution in [1.29, 1.82) is 0 Å². The minimum absolute atomic E-state index is 0.0320. The second-order valence-electron chi connectivity index (χ2n) is 5.47. The first-order valence-electron chi connectivity index (χ1n) is 7.30. The molecule has 1 aliphatic heterocycles. The van der Waals surface area contributed by atoms with Crippen molar-refractivity contribution in [2.24, 2.45) is 5.92 Å². The SMILES string of the molecule is CCC(C)CNC(=O)N1CCCCC1CCC(=O)O. The molecule has 0 bridgehead atoms. The molecule has 5 heteroatoms. The van der Waals surface area contributed by atoms with Crippen LogP contribution in [-0.4, -0.2) is 41.1 Å². The number of carboxylic acids is 1. The molecule has 5 nitrogen and oxygen atoms in total. The lowest BCUT2D eigenvalue weighted by atomic mass is 9.98. The number of hydrogen-bond acceptors (Lipinski definition) is 2. The lowest BCUT2D eigenvalue weighted by Gasteiger charge is -2.35. The van der Waals surface area contributed by atoms with Gasteiger partial charge < -0.3 is 15.3 Å². The van der Waals surface area contributed by atoms with Crippen molar-refractivity contribution in [3.05, 3.63) is 0 Å². The molecule has 2 amide bonds. The Kier molecular flexibility index (Phi) is 6.67. The van der Waals surface area contributed by atoms with Gasteiger partial charge in [-0.05, 0) is 31.6 Å². The van der Waals surface area contributed by atoms with Gasteiger partial charge >= 0.3 is 12.0 Å². The highest BCUT2D eigenvalue weighted by molar-refractivity contribution is 5.74. The van der Waals surface area contributed by atoms with Crippen LogP contribution in [0.1, 0.15) is 52.4 Å². The smallest absolute Gasteiger partial charge is 0.317 e. The third-order valence-corrected chi connectivity index (χ3v) is 3.88. The van der Waals surface area contributed by atoms with Crippen LogP contribution in [0.15, 0.2) is 0 Å². The Morgan fingerprint density at radius 2 is 2.16 bits per heavy atom. The summed E-state index contributed by atoms with van der Waals surface area (Å²) in [4.78, 5) is 24.6. The van der Waals surface area contributed by atoms with Gasteiger partial charge in [0.05, 0.1) is 0 Å². The van der Waals surface area contributed by atoms with E-state index < -0.39 is 5.97 Å². The summed E-state index contributed by atoms with van der Waals surface area (Å²) in [6.45, 7) is 5.65. The first-order valence-corrected chi connectivity index (χ1v) is 7.30. The van der Waals surface area contributed by atoms with Gasteiger partial charge in [0.25, 0.3) is 0 Å². The maximum absolute atomic E-state index is 12.1. The number of carbonyl (C=O) groups is 2. The Hall–Kier alpha value is -1.26. The number of nitrogens with zero attached hydrogens (tertiary/aromatic N) is 1. The molecule has 1 heterocycles.